The Labute approximate surface area is 219 Å². The van der Waals surface area contributed by atoms with E-state index in [1.807, 2.05) is 54.6 Å². The molecule has 2 amide bonds. The van der Waals surface area contributed by atoms with E-state index in [0.717, 1.165) is 36.0 Å². The number of nitrogens with zero attached hydrogens (tertiary/aromatic N) is 3. The highest BCUT2D eigenvalue weighted by Gasteiger charge is 2.33. The van der Waals surface area contributed by atoms with Gasteiger partial charge in [-0.1, -0.05) is 52.3 Å². The van der Waals surface area contributed by atoms with Gasteiger partial charge < -0.3 is 19.9 Å². The minimum Gasteiger partial charge on any atom is -0.446 e. The van der Waals surface area contributed by atoms with Gasteiger partial charge in [-0.05, 0) is 54.7 Å². The third-order valence-corrected chi connectivity index (χ3v) is 7.01. The van der Waals surface area contributed by atoms with Crippen molar-refractivity contribution >= 4 is 34.3 Å². The maximum absolute atomic E-state index is 13.3. The fraction of sp³-hybridized carbons (Fsp3) is 0.433. The molecule has 1 aliphatic rings. The van der Waals surface area contributed by atoms with Gasteiger partial charge in [0, 0.05) is 49.1 Å². The number of hydrogen-bond donors (Lipinski definition) is 1. The van der Waals surface area contributed by atoms with Gasteiger partial charge >= 0.3 is 6.09 Å². The van der Waals surface area contributed by atoms with Gasteiger partial charge in [0.15, 0.2) is 0 Å². The van der Waals surface area contributed by atoms with E-state index in [4.69, 9.17) is 4.74 Å². The Morgan fingerprint density at radius 3 is 2.59 bits per heavy atom. The first kappa shape index (κ1) is 26.5. The number of para-hydroxylation sites is 1. The molecule has 2 heterocycles. The molecule has 0 saturated carbocycles. The molecular weight excluding hydrogens is 464 g/mol. The van der Waals surface area contributed by atoms with Crippen molar-refractivity contribution in [2.24, 2.45) is 5.41 Å². The summed E-state index contributed by atoms with van der Waals surface area (Å²) in [7, 11) is 1.77. The van der Waals surface area contributed by atoms with E-state index in [1.54, 1.807) is 23.0 Å². The number of pyridine rings is 1. The van der Waals surface area contributed by atoms with E-state index >= 15 is 0 Å². The summed E-state index contributed by atoms with van der Waals surface area (Å²) in [6.07, 6.45) is 4.01. The van der Waals surface area contributed by atoms with E-state index in [-0.39, 0.29) is 29.6 Å². The molecule has 2 aromatic carbocycles. The van der Waals surface area contributed by atoms with Crippen LogP contribution in [-0.2, 0) is 4.74 Å². The summed E-state index contributed by atoms with van der Waals surface area (Å²) in [4.78, 5) is 34.2. The van der Waals surface area contributed by atoms with Crippen molar-refractivity contribution in [3.05, 3.63) is 66.4 Å². The molecule has 4 rings (SSSR count). The number of ether oxygens (including phenoxy) is 1. The molecule has 1 unspecified atom stereocenters. The van der Waals surface area contributed by atoms with Gasteiger partial charge in [0.05, 0.1) is 11.1 Å². The zero-order chi connectivity index (χ0) is 26.6. The molecule has 1 aromatic heterocycles. The van der Waals surface area contributed by atoms with Gasteiger partial charge in [-0.3, -0.25) is 9.78 Å². The van der Waals surface area contributed by atoms with E-state index in [1.165, 1.54) is 0 Å². The first-order valence-electron chi connectivity index (χ1n) is 13.1. The van der Waals surface area contributed by atoms with Gasteiger partial charge in [-0.15, -0.1) is 0 Å². The summed E-state index contributed by atoms with van der Waals surface area (Å²) in [6, 6.07) is 17.3. The second kappa shape index (κ2) is 11.2. The highest BCUT2D eigenvalue weighted by atomic mass is 16.6. The molecule has 1 fully saturated rings. The Kier molecular flexibility index (Phi) is 8.00. The highest BCUT2D eigenvalue weighted by molar-refractivity contribution is 6.14. The zero-order valence-electron chi connectivity index (χ0n) is 22.5. The smallest absolute Gasteiger partial charge is 0.410 e. The van der Waals surface area contributed by atoms with Crippen LogP contribution in [0, 0.1) is 5.41 Å². The highest BCUT2D eigenvalue weighted by Crippen LogP contribution is 2.30. The SMILES string of the molecule is CCCC(OC(=O)N1CC[C@H](Nc2ccc(C(=O)N(C)c3ccccc3)c3ncccc23)C1)C(C)(C)C. The number of amides is 2. The molecule has 1 N–H and O–H groups in total. The Balaban J connectivity index is 1.48. The molecule has 0 aliphatic carbocycles. The summed E-state index contributed by atoms with van der Waals surface area (Å²) in [5.41, 5.74) is 2.84. The Morgan fingerprint density at radius 2 is 1.89 bits per heavy atom. The van der Waals surface area contributed by atoms with Crippen LogP contribution in [0.4, 0.5) is 16.2 Å². The summed E-state index contributed by atoms with van der Waals surface area (Å²) in [6.45, 7) is 9.66. The number of benzene rings is 2. The van der Waals surface area contributed by atoms with Crippen LogP contribution in [0.1, 0.15) is 57.3 Å². The molecule has 0 spiro atoms. The van der Waals surface area contributed by atoms with Crippen LogP contribution in [0.2, 0.25) is 0 Å². The second-order valence-corrected chi connectivity index (χ2v) is 10.9. The van der Waals surface area contributed by atoms with Crippen LogP contribution in [0.3, 0.4) is 0 Å². The molecule has 1 aliphatic heterocycles. The van der Waals surface area contributed by atoms with E-state index < -0.39 is 0 Å². The lowest BCUT2D eigenvalue weighted by Crippen LogP contribution is -2.38. The molecule has 7 nitrogen and oxygen atoms in total. The van der Waals surface area contributed by atoms with Crippen LogP contribution in [-0.4, -0.2) is 54.2 Å². The molecular formula is C30H38N4O3. The summed E-state index contributed by atoms with van der Waals surface area (Å²) < 4.78 is 5.92. The first-order valence-corrected chi connectivity index (χ1v) is 13.1. The van der Waals surface area contributed by atoms with Crippen LogP contribution in [0.15, 0.2) is 60.8 Å². The number of carbonyl (C=O) groups is 2. The first-order chi connectivity index (χ1) is 17.7. The van der Waals surface area contributed by atoms with Crippen LogP contribution < -0.4 is 10.2 Å². The van der Waals surface area contributed by atoms with E-state index in [2.05, 4.69) is 38.0 Å². The van der Waals surface area contributed by atoms with Crippen molar-refractivity contribution < 1.29 is 14.3 Å². The van der Waals surface area contributed by atoms with Crippen LogP contribution >= 0.6 is 0 Å². The number of fused-ring (bicyclic) bond motifs is 1. The maximum Gasteiger partial charge on any atom is 0.410 e. The predicted molar refractivity (Wildman–Crippen MR) is 149 cm³/mol. The van der Waals surface area contributed by atoms with E-state index in [0.29, 0.717) is 24.2 Å². The van der Waals surface area contributed by atoms with E-state index in [9.17, 15) is 9.59 Å². The molecule has 7 heteroatoms. The third-order valence-electron chi connectivity index (χ3n) is 7.01. The van der Waals surface area contributed by atoms with Crippen LogP contribution in [0.25, 0.3) is 10.9 Å². The van der Waals surface area contributed by atoms with Crippen molar-refractivity contribution in [3.8, 4) is 0 Å². The molecule has 3 aromatic rings. The number of nitrogens with one attached hydrogen (secondary N) is 1. The predicted octanol–water partition coefficient (Wildman–Crippen LogP) is 6.35. The Morgan fingerprint density at radius 1 is 1.14 bits per heavy atom. The monoisotopic (exact) mass is 502 g/mol. The summed E-state index contributed by atoms with van der Waals surface area (Å²) in [5, 5.41) is 4.47. The van der Waals surface area contributed by atoms with Gasteiger partial charge in [0.1, 0.15) is 6.10 Å². The fourth-order valence-electron chi connectivity index (χ4n) is 4.81. The van der Waals surface area contributed by atoms with Gasteiger partial charge in [0.2, 0.25) is 0 Å². The number of rotatable bonds is 7. The lowest BCUT2D eigenvalue weighted by molar-refractivity contribution is 0.00822. The number of aromatic nitrogens is 1. The summed E-state index contributed by atoms with van der Waals surface area (Å²) >= 11 is 0. The number of carbonyl (C=O) groups excluding carboxylic acids is 2. The Bertz CT molecular complexity index is 1240. The zero-order valence-corrected chi connectivity index (χ0v) is 22.5. The minimum atomic E-state index is -0.242. The minimum absolute atomic E-state index is 0.0868. The van der Waals surface area contributed by atoms with Crippen LogP contribution in [0.5, 0.6) is 0 Å². The average molecular weight is 503 g/mol. The lowest BCUT2D eigenvalue weighted by Gasteiger charge is -2.31. The lowest BCUT2D eigenvalue weighted by atomic mass is 9.86. The van der Waals surface area contributed by atoms with Crippen molar-refractivity contribution in [2.75, 3.05) is 30.4 Å². The number of likely N-dealkylation sites (tertiary alicyclic amines) is 1. The molecule has 1 saturated heterocycles. The van der Waals surface area contributed by atoms with Crippen molar-refractivity contribution in [1.29, 1.82) is 0 Å². The topological polar surface area (TPSA) is 74.8 Å². The standard InChI is InChI=1S/C30H38N4O3/c1-6-11-26(30(2,3)4)37-29(36)34-19-17-21(20-34)32-25-16-15-24(27-23(25)14-10-18-31-27)28(35)33(5)22-12-8-7-9-13-22/h7-10,12-16,18,21,26,32H,6,11,17,19-20H2,1-5H3/t21-,26?/m0/s1. The number of anilines is 2. The normalized spacial score (nSPS) is 16.5. The molecule has 196 valence electrons. The van der Waals surface area contributed by atoms with Crippen molar-refractivity contribution in [2.45, 2.75) is 59.1 Å². The number of hydrogen-bond acceptors (Lipinski definition) is 5. The molecule has 0 radical (unpaired) electrons. The van der Waals surface area contributed by atoms with Crippen molar-refractivity contribution in [3.63, 3.8) is 0 Å². The Hall–Kier alpha value is -3.61. The van der Waals surface area contributed by atoms with Gasteiger partial charge in [-0.25, -0.2) is 4.79 Å². The maximum atomic E-state index is 13.3. The third kappa shape index (κ3) is 6.04. The largest absolute Gasteiger partial charge is 0.446 e. The quantitative estimate of drug-likeness (QED) is 0.408. The van der Waals surface area contributed by atoms with Gasteiger partial charge in [0.25, 0.3) is 5.91 Å². The molecule has 37 heavy (non-hydrogen) atoms. The second-order valence-electron chi connectivity index (χ2n) is 10.9. The molecule has 2 atom stereocenters. The van der Waals surface area contributed by atoms with Crippen molar-refractivity contribution in [1.82, 2.24) is 9.88 Å². The summed E-state index contributed by atoms with van der Waals surface area (Å²) in [5.74, 6) is -0.114. The van der Waals surface area contributed by atoms with Gasteiger partial charge in [-0.2, -0.15) is 0 Å². The molecule has 0 bridgehead atoms. The fourth-order valence-corrected chi connectivity index (χ4v) is 4.81. The average Bonchev–Trinajstić information content (AvgIpc) is 3.36.